The zero-order valence-electron chi connectivity index (χ0n) is 11.2. The van der Waals surface area contributed by atoms with Crippen molar-refractivity contribution in [2.75, 3.05) is 0 Å². The van der Waals surface area contributed by atoms with Crippen LogP contribution in [-0.2, 0) is 0 Å². The molecule has 0 aromatic carbocycles. The van der Waals surface area contributed by atoms with Crippen LogP contribution in [-0.4, -0.2) is 11.2 Å². The Hall–Kier alpha value is -0.0400. The second-order valence-electron chi connectivity index (χ2n) is 7.82. The van der Waals surface area contributed by atoms with Crippen molar-refractivity contribution in [2.45, 2.75) is 65.9 Å². The van der Waals surface area contributed by atoms with E-state index in [1.807, 2.05) is 0 Å². The number of fused-ring (bicyclic) bond motifs is 1. The lowest BCUT2D eigenvalue weighted by atomic mass is 9.51. The summed E-state index contributed by atoms with van der Waals surface area (Å²) in [7, 11) is 0. The zero-order chi connectivity index (χ0) is 11.8. The fourth-order valence-corrected chi connectivity index (χ4v) is 5.93. The topological polar surface area (TPSA) is 20.2 Å². The summed E-state index contributed by atoms with van der Waals surface area (Å²) >= 11 is 0. The van der Waals surface area contributed by atoms with Gasteiger partial charge in [-0.05, 0) is 60.2 Å². The summed E-state index contributed by atoms with van der Waals surface area (Å²) < 4.78 is 0. The highest BCUT2D eigenvalue weighted by molar-refractivity contribution is 5.16. The third-order valence-electron chi connectivity index (χ3n) is 6.72. The molecule has 0 aromatic heterocycles. The summed E-state index contributed by atoms with van der Waals surface area (Å²) in [6, 6.07) is 0. The highest BCUT2D eigenvalue weighted by Gasteiger charge is 2.67. The molecule has 0 amide bonds. The molecule has 5 atom stereocenters. The van der Waals surface area contributed by atoms with Crippen molar-refractivity contribution in [3.05, 3.63) is 0 Å². The van der Waals surface area contributed by atoms with E-state index in [0.717, 1.165) is 11.8 Å². The van der Waals surface area contributed by atoms with E-state index in [1.54, 1.807) is 0 Å². The Kier molecular flexibility index (Phi) is 1.98. The molecule has 0 aliphatic heterocycles. The van der Waals surface area contributed by atoms with Crippen LogP contribution in [0.3, 0.4) is 0 Å². The van der Waals surface area contributed by atoms with Crippen molar-refractivity contribution in [1.82, 2.24) is 0 Å². The second-order valence-corrected chi connectivity index (χ2v) is 7.82. The van der Waals surface area contributed by atoms with Crippen LogP contribution < -0.4 is 0 Å². The van der Waals surface area contributed by atoms with E-state index in [0.29, 0.717) is 5.41 Å². The molecule has 0 saturated heterocycles. The molecule has 0 heterocycles. The second kappa shape index (κ2) is 2.85. The van der Waals surface area contributed by atoms with Gasteiger partial charge in [0.1, 0.15) is 0 Å². The van der Waals surface area contributed by atoms with E-state index in [2.05, 4.69) is 27.7 Å². The Morgan fingerprint density at radius 1 is 1.06 bits per heavy atom. The van der Waals surface area contributed by atoms with E-state index in [-0.39, 0.29) is 16.9 Å². The molecule has 3 rings (SSSR count). The molecule has 1 heteroatoms. The maximum Gasteiger partial charge on any atom is 0.0647 e. The van der Waals surface area contributed by atoms with Gasteiger partial charge in [-0.15, -0.1) is 0 Å². The molecule has 3 aliphatic carbocycles. The van der Waals surface area contributed by atoms with Crippen molar-refractivity contribution >= 4 is 0 Å². The van der Waals surface area contributed by atoms with Gasteiger partial charge in [0.2, 0.25) is 0 Å². The summed E-state index contributed by atoms with van der Waals surface area (Å²) in [5.74, 6) is 1.65. The monoisotopic (exact) mass is 222 g/mol. The maximum atomic E-state index is 10.7. The Labute approximate surface area is 99.6 Å². The SMILES string of the molecule is C[C@@H]1CCC2C(C)(C)[C@H](O)[C@@]3(C)CC[C@]21C3. The lowest BCUT2D eigenvalue weighted by molar-refractivity contribution is -0.138. The molecule has 0 aromatic rings. The van der Waals surface area contributed by atoms with Crippen LogP contribution in [0.4, 0.5) is 0 Å². The first-order valence-electron chi connectivity index (χ1n) is 7.01. The van der Waals surface area contributed by atoms with E-state index < -0.39 is 0 Å². The molecule has 1 unspecified atom stereocenters. The van der Waals surface area contributed by atoms with Crippen LogP contribution >= 0.6 is 0 Å². The summed E-state index contributed by atoms with van der Waals surface area (Å²) in [6.07, 6.45) is 6.55. The Bertz CT molecular complexity index is 321. The minimum Gasteiger partial charge on any atom is -0.392 e. The van der Waals surface area contributed by atoms with E-state index in [9.17, 15) is 5.11 Å². The normalized spacial score (nSPS) is 58.7. The molecular weight excluding hydrogens is 196 g/mol. The molecule has 1 spiro atoms. The molecule has 3 saturated carbocycles. The van der Waals surface area contributed by atoms with Crippen LogP contribution in [0.15, 0.2) is 0 Å². The molecule has 1 nitrogen and oxygen atoms in total. The third-order valence-corrected chi connectivity index (χ3v) is 6.72. The van der Waals surface area contributed by atoms with Gasteiger partial charge < -0.3 is 5.11 Å². The fourth-order valence-electron chi connectivity index (χ4n) is 5.93. The van der Waals surface area contributed by atoms with Gasteiger partial charge in [-0.25, -0.2) is 0 Å². The average molecular weight is 222 g/mol. The predicted molar refractivity (Wildman–Crippen MR) is 66.1 cm³/mol. The predicted octanol–water partition coefficient (Wildman–Crippen LogP) is 3.61. The van der Waals surface area contributed by atoms with Crippen LogP contribution in [0.25, 0.3) is 0 Å². The molecule has 3 fully saturated rings. The summed E-state index contributed by atoms with van der Waals surface area (Å²) in [4.78, 5) is 0. The van der Waals surface area contributed by atoms with E-state index in [4.69, 9.17) is 0 Å². The maximum absolute atomic E-state index is 10.7. The number of rotatable bonds is 0. The van der Waals surface area contributed by atoms with Gasteiger partial charge in [0.05, 0.1) is 6.10 Å². The summed E-state index contributed by atoms with van der Waals surface area (Å²) in [5, 5.41) is 10.7. The average Bonchev–Trinajstić information content (AvgIpc) is 2.69. The Morgan fingerprint density at radius 3 is 2.44 bits per heavy atom. The molecule has 0 radical (unpaired) electrons. The van der Waals surface area contributed by atoms with Crippen LogP contribution in [0.5, 0.6) is 0 Å². The highest BCUT2D eigenvalue weighted by atomic mass is 16.3. The zero-order valence-corrected chi connectivity index (χ0v) is 11.2. The standard InChI is InChI=1S/C15H26O/c1-10-5-6-11-13(2,3)12(16)14(4)7-8-15(10,11)9-14/h10-12,16H,5-9H2,1-4H3/t10-,11?,12+,14+,15-/m1/s1. The van der Waals surface area contributed by atoms with Gasteiger partial charge in [-0.3, -0.25) is 0 Å². The minimum absolute atomic E-state index is 0.0917. The highest BCUT2D eigenvalue weighted by Crippen LogP contribution is 2.72. The quantitative estimate of drug-likeness (QED) is 0.664. The first kappa shape index (κ1) is 11.1. The molecule has 16 heavy (non-hydrogen) atoms. The lowest BCUT2D eigenvalue weighted by Crippen LogP contribution is -2.54. The van der Waals surface area contributed by atoms with Gasteiger partial charge >= 0.3 is 0 Å². The molecule has 92 valence electrons. The number of hydrogen-bond acceptors (Lipinski definition) is 1. The smallest absolute Gasteiger partial charge is 0.0647 e. The lowest BCUT2D eigenvalue weighted by Gasteiger charge is -2.55. The third kappa shape index (κ3) is 1.02. The van der Waals surface area contributed by atoms with E-state index in [1.165, 1.54) is 32.1 Å². The van der Waals surface area contributed by atoms with Gasteiger partial charge in [-0.1, -0.05) is 27.7 Å². The van der Waals surface area contributed by atoms with E-state index >= 15 is 0 Å². The van der Waals surface area contributed by atoms with Gasteiger partial charge in [0.15, 0.2) is 0 Å². The Balaban J connectivity index is 2.10. The summed E-state index contributed by atoms with van der Waals surface area (Å²) in [5.41, 5.74) is 0.921. The number of hydrogen-bond donors (Lipinski definition) is 1. The molecule has 2 bridgehead atoms. The van der Waals surface area contributed by atoms with Crippen LogP contribution in [0, 0.1) is 28.1 Å². The Morgan fingerprint density at radius 2 is 1.75 bits per heavy atom. The largest absolute Gasteiger partial charge is 0.392 e. The fraction of sp³-hybridized carbons (Fsp3) is 1.00. The van der Waals surface area contributed by atoms with Crippen molar-refractivity contribution in [1.29, 1.82) is 0 Å². The number of aliphatic hydroxyl groups is 1. The molecule has 3 aliphatic rings. The van der Waals surface area contributed by atoms with Crippen LogP contribution in [0.1, 0.15) is 59.8 Å². The van der Waals surface area contributed by atoms with Gasteiger partial charge in [-0.2, -0.15) is 0 Å². The first-order chi connectivity index (χ1) is 7.33. The number of aliphatic hydroxyl groups excluding tert-OH is 1. The van der Waals surface area contributed by atoms with Gasteiger partial charge in [0, 0.05) is 0 Å². The van der Waals surface area contributed by atoms with Gasteiger partial charge in [0.25, 0.3) is 0 Å². The van der Waals surface area contributed by atoms with Crippen molar-refractivity contribution in [3.63, 3.8) is 0 Å². The van der Waals surface area contributed by atoms with Crippen molar-refractivity contribution in [2.24, 2.45) is 28.1 Å². The molecular formula is C15H26O. The van der Waals surface area contributed by atoms with Crippen molar-refractivity contribution < 1.29 is 5.11 Å². The minimum atomic E-state index is -0.0917. The summed E-state index contributed by atoms with van der Waals surface area (Å²) in [6.45, 7) is 9.42. The first-order valence-corrected chi connectivity index (χ1v) is 7.01. The molecule has 1 N–H and O–H groups in total. The van der Waals surface area contributed by atoms with Crippen molar-refractivity contribution in [3.8, 4) is 0 Å². The van der Waals surface area contributed by atoms with Crippen LogP contribution in [0.2, 0.25) is 0 Å².